The van der Waals surface area contributed by atoms with Crippen molar-refractivity contribution in [1.29, 1.82) is 0 Å². The van der Waals surface area contributed by atoms with Gasteiger partial charge in [0.25, 0.3) is 5.91 Å². The first-order valence-electron chi connectivity index (χ1n) is 7.04. The second-order valence-electron chi connectivity index (χ2n) is 4.79. The lowest BCUT2D eigenvalue weighted by molar-refractivity contribution is -0.129. The second-order valence-corrected chi connectivity index (χ2v) is 5.64. The van der Waals surface area contributed by atoms with E-state index in [-0.39, 0.29) is 0 Å². The van der Waals surface area contributed by atoms with Crippen LogP contribution in [0.4, 0.5) is 0 Å². The van der Waals surface area contributed by atoms with Crippen molar-refractivity contribution in [2.24, 2.45) is 5.10 Å². The molecule has 0 spiro atoms. The molecular formula is C17H17BrN2O4. The van der Waals surface area contributed by atoms with E-state index in [1.165, 1.54) is 13.3 Å². The molecule has 0 saturated heterocycles. The number of hydrazone groups is 1. The molecule has 1 atom stereocenters. The third kappa shape index (κ3) is 4.33. The number of nitrogens with one attached hydrogen (secondary N) is 1. The first-order chi connectivity index (χ1) is 11.6. The van der Waals surface area contributed by atoms with E-state index >= 15 is 0 Å². The van der Waals surface area contributed by atoms with Gasteiger partial charge >= 0.3 is 0 Å². The van der Waals surface area contributed by atoms with Crippen molar-refractivity contribution in [3.63, 3.8) is 0 Å². The second kappa shape index (κ2) is 8.47. The zero-order valence-corrected chi connectivity index (χ0v) is 14.8. The van der Waals surface area contributed by atoms with E-state index in [9.17, 15) is 9.90 Å². The van der Waals surface area contributed by atoms with Crippen LogP contribution in [-0.4, -0.2) is 31.4 Å². The quantitative estimate of drug-likeness (QED) is 0.584. The minimum atomic E-state index is -1.28. The third-order valence-corrected chi connectivity index (χ3v) is 3.80. The third-order valence-electron chi connectivity index (χ3n) is 3.21. The summed E-state index contributed by atoms with van der Waals surface area (Å²) >= 11 is 3.38. The van der Waals surface area contributed by atoms with Crippen molar-refractivity contribution in [1.82, 2.24) is 5.43 Å². The van der Waals surface area contributed by atoms with Crippen molar-refractivity contribution in [3.8, 4) is 11.5 Å². The standard InChI is InChI=1S/C17H17BrN2O4/c1-23-14-9-11(8-13(18)16(14)24-2)10-19-20-17(22)15(21)12-6-4-3-5-7-12/h3-10,15,21H,1-2H3,(H,20,22)/b19-10-/t15-/m1/s1. The lowest BCUT2D eigenvalue weighted by Crippen LogP contribution is -2.25. The Bertz CT molecular complexity index is 735. The lowest BCUT2D eigenvalue weighted by Gasteiger charge is -2.10. The molecule has 2 aromatic rings. The average Bonchev–Trinajstić information content (AvgIpc) is 2.61. The van der Waals surface area contributed by atoms with Gasteiger partial charge in [0.15, 0.2) is 17.6 Å². The molecule has 0 aromatic heterocycles. The number of methoxy groups -OCH3 is 2. The minimum absolute atomic E-state index is 0.499. The molecule has 24 heavy (non-hydrogen) atoms. The minimum Gasteiger partial charge on any atom is -0.493 e. The summed E-state index contributed by atoms with van der Waals surface area (Å²) in [5.41, 5.74) is 3.50. The maximum absolute atomic E-state index is 11.9. The van der Waals surface area contributed by atoms with Gasteiger partial charge in [-0.3, -0.25) is 4.79 Å². The maximum Gasteiger partial charge on any atom is 0.273 e. The van der Waals surface area contributed by atoms with E-state index < -0.39 is 12.0 Å². The number of aliphatic hydroxyl groups is 1. The van der Waals surface area contributed by atoms with Crippen molar-refractivity contribution < 1.29 is 19.4 Å². The van der Waals surface area contributed by atoms with Crippen LogP contribution in [-0.2, 0) is 4.79 Å². The van der Waals surface area contributed by atoms with Gasteiger partial charge in [-0.2, -0.15) is 5.10 Å². The van der Waals surface area contributed by atoms with Gasteiger partial charge in [0.2, 0.25) is 0 Å². The molecule has 0 aliphatic heterocycles. The molecule has 7 heteroatoms. The molecule has 2 N–H and O–H groups in total. The Hall–Kier alpha value is -2.38. The van der Waals surface area contributed by atoms with Crippen LogP contribution in [0.3, 0.4) is 0 Å². The Morgan fingerprint density at radius 1 is 1.25 bits per heavy atom. The molecule has 0 fully saturated rings. The summed E-state index contributed by atoms with van der Waals surface area (Å²) in [6.07, 6.45) is 0.169. The first kappa shape index (κ1) is 18.0. The van der Waals surface area contributed by atoms with Gasteiger partial charge in [-0.25, -0.2) is 5.43 Å². The van der Waals surface area contributed by atoms with Gasteiger partial charge < -0.3 is 14.6 Å². The predicted molar refractivity (Wildman–Crippen MR) is 94.4 cm³/mol. The van der Waals surface area contributed by atoms with Crippen LogP contribution in [0.25, 0.3) is 0 Å². The Labute approximate surface area is 148 Å². The number of benzene rings is 2. The molecule has 0 bridgehead atoms. The van der Waals surface area contributed by atoms with E-state index in [1.807, 2.05) is 0 Å². The smallest absolute Gasteiger partial charge is 0.273 e. The lowest BCUT2D eigenvalue weighted by atomic mass is 10.1. The molecule has 0 saturated carbocycles. The van der Waals surface area contributed by atoms with Gasteiger partial charge in [0.1, 0.15) is 0 Å². The monoisotopic (exact) mass is 392 g/mol. The predicted octanol–water partition coefficient (Wildman–Crippen LogP) is 2.65. The molecule has 0 aliphatic carbocycles. The Balaban J connectivity index is 2.06. The molecule has 0 unspecified atom stereocenters. The number of halogens is 1. The Morgan fingerprint density at radius 2 is 1.96 bits per heavy atom. The molecule has 2 aromatic carbocycles. The number of carbonyl (C=O) groups excluding carboxylic acids is 1. The largest absolute Gasteiger partial charge is 0.493 e. The Kier molecular flexibility index (Phi) is 6.34. The molecule has 0 aliphatic rings. The summed E-state index contributed by atoms with van der Waals surface area (Å²) in [6, 6.07) is 12.1. The highest BCUT2D eigenvalue weighted by Gasteiger charge is 2.16. The Morgan fingerprint density at radius 3 is 2.58 bits per heavy atom. The van der Waals surface area contributed by atoms with Crippen molar-refractivity contribution in [2.45, 2.75) is 6.10 Å². The van der Waals surface area contributed by atoms with Crippen LogP contribution in [0, 0.1) is 0 Å². The zero-order chi connectivity index (χ0) is 17.5. The fourth-order valence-corrected chi connectivity index (χ4v) is 2.65. The molecule has 0 radical (unpaired) electrons. The first-order valence-corrected chi connectivity index (χ1v) is 7.83. The van der Waals surface area contributed by atoms with E-state index in [2.05, 4.69) is 26.5 Å². The number of rotatable bonds is 6. The number of hydrogen-bond donors (Lipinski definition) is 2. The van der Waals surface area contributed by atoms with Gasteiger partial charge in [-0.15, -0.1) is 0 Å². The maximum atomic E-state index is 11.9. The molecule has 126 valence electrons. The SMILES string of the molecule is COc1cc(/C=N\NC(=O)[C@H](O)c2ccccc2)cc(Br)c1OC. The van der Waals surface area contributed by atoms with E-state index in [4.69, 9.17) is 9.47 Å². The number of aliphatic hydroxyl groups excluding tert-OH is 1. The van der Waals surface area contributed by atoms with E-state index in [1.54, 1.807) is 49.6 Å². The normalized spacial score (nSPS) is 12.0. The molecular weight excluding hydrogens is 376 g/mol. The van der Waals surface area contributed by atoms with Crippen molar-refractivity contribution >= 4 is 28.1 Å². The highest BCUT2D eigenvalue weighted by atomic mass is 79.9. The average molecular weight is 393 g/mol. The van der Waals surface area contributed by atoms with Crippen LogP contribution in [0.2, 0.25) is 0 Å². The highest BCUT2D eigenvalue weighted by Crippen LogP contribution is 2.35. The topological polar surface area (TPSA) is 80.2 Å². The van der Waals surface area contributed by atoms with Crippen LogP contribution in [0.5, 0.6) is 11.5 Å². The van der Waals surface area contributed by atoms with Crippen LogP contribution < -0.4 is 14.9 Å². The van der Waals surface area contributed by atoms with Crippen molar-refractivity contribution in [3.05, 3.63) is 58.1 Å². The number of amides is 1. The summed E-state index contributed by atoms with van der Waals surface area (Å²) in [5.74, 6) is 0.485. The van der Waals surface area contributed by atoms with Gasteiger partial charge in [-0.05, 0) is 39.2 Å². The molecule has 2 rings (SSSR count). The fourth-order valence-electron chi connectivity index (χ4n) is 2.03. The fraction of sp³-hybridized carbons (Fsp3) is 0.176. The van der Waals surface area contributed by atoms with Gasteiger partial charge in [-0.1, -0.05) is 30.3 Å². The van der Waals surface area contributed by atoms with E-state index in [0.717, 1.165) is 0 Å². The van der Waals surface area contributed by atoms with Gasteiger partial charge in [0, 0.05) is 0 Å². The molecule has 6 nitrogen and oxygen atoms in total. The summed E-state index contributed by atoms with van der Waals surface area (Å²) < 4.78 is 11.2. The van der Waals surface area contributed by atoms with Crippen LogP contribution >= 0.6 is 15.9 Å². The molecule has 1 amide bonds. The zero-order valence-electron chi connectivity index (χ0n) is 13.2. The van der Waals surface area contributed by atoms with Crippen molar-refractivity contribution in [2.75, 3.05) is 14.2 Å². The number of nitrogens with zero attached hydrogens (tertiary/aromatic N) is 1. The summed E-state index contributed by atoms with van der Waals surface area (Å²) in [6.45, 7) is 0. The van der Waals surface area contributed by atoms with Crippen LogP contribution in [0.15, 0.2) is 52.0 Å². The summed E-state index contributed by atoms with van der Waals surface area (Å²) in [7, 11) is 3.07. The van der Waals surface area contributed by atoms with Crippen LogP contribution in [0.1, 0.15) is 17.2 Å². The number of hydrogen-bond acceptors (Lipinski definition) is 5. The van der Waals surface area contributed by atoms with Gasteiger partial charge in [0.05, 0.1) is 24.9 Å². The van der Waals surface area contributed by atoms with E-state index in [0.29, 0.717) is 27.1 Å². The molecule has 0 heterocycles. The number of carbonyl (C=O) groups is 1. The number of ether oxygens (including phenoxy) is 2. The summed E-state index contributed by atoms with van der Waals surface area (Å²) in [4.78, 5) is 11.9. The highest BCUT2D eigenvalue weighted by molar-refractivity contribution is 9.10. The summed E-state index contributed by atoms with van der Waals surface area (Å²) in [5, 5.41) is 13.8.